The number of rotatable bonds is 6. The fraction of sp³-hybridized carbons (Fsp3) is 0.290. The Bertz CT molecular complexity index is 1620. The van der Waals surface area contributed by atoms with Crippen LogP contribution >= 0.6 is 0 Å². The number of ether oxygens (including phenoxy) is 1. The van der Waals surface area contributed by atoms with Crippen molar-refractivity contribution in [3.05, 3.63) is 99.4 Å². The largest absolute Gasteiger partial charge is 0.492 e. The number of benzene rings is 3. The van der Waals surface area contributed by atoms with Crippen molar-refractivity contribution in [1.29, 1.82) is 0 Å². The van der Waals surface area contributed by atoms with Gasteiger partial charge in [0.15, 0.2) is 5.58 Å². The molecule has 1 fully saturated rings. The van der Waals surface area contributed by atoms with E-state index in [0.29, 0.717) is 16.6 Å². The average molecular weight is 538 g/mol. The van der Waals surface area contributed by atoms with Crippen LogP contribution in [0.25, 0.3) is 28.3 Å². The van der Waals surface area contributed by atoms with Crippen LogP contribution in [0.3, 0.4) is 0 Å². The van der Waals surface area contributed by atoms with E-state index in [1.807, 2.05) is 64.1 Å². The fourth-order valence-corrected chi connectivity index (χ4v) is 5.29. The van der Waals surface area contributed by atoms with Crippen LogP contribution in [0, 0.1) is 0 Å². The predicted molar refractivity (Wildman–Crippen MR) is 154 cm³/mol. The van der Waals surface area contributed by atoms with Gasteiger partial charge in [-0.25, -0.2) is 9.59 Å². The second-order valence-electron chi connectivity index (χ2n) is 11.3. The molecular weight excluding hydrogens is 507 g/mol. The third-order valence-corrected chi connectivity index (χ3v) is 8.13. The Morgan fingerprint density at radius 3 is 2.25 bits per heavy atom. The Morgan fingerprint density at radius 2 is 1.60 bits per heavy atom. The fourth-order valence-electron chi connectivity index (χ4n) is 5.29. The minimum atomic E-state index is -0.687. The Balaban J connectivity index is 1.19. The number of aromatic nitrogens is 1. The highest BCUT2D eigenvalue weighted by Gasteiger charge is 2.52. The lowest BCUT2D eigenvalue weighted by Gasteiger charge is -2.32. The molecule has 2 heterocycles. The quantitative estimate of drug-likeness (QED) is 0.307. The second kappa shape index (κ2) is 9.84. The number of amides is 1. The zero-order valence-electron chi connectivity index (χ0n) is 22.9. The number of fused-ring (bicyclic) bond motifs is 4. The van der Waals surface area contributed by atoms with Gasteiger partial charge in [0.05, 0.1) is 16.7 Å². The third kappa shape index (κ3) is 4.76. The van der Waals surface area contributed by atoms with Crippen molar-refractivity contribution >= 4 is 30.4 Å². The molecule has 8 nitrogen and oxygen atoms in total. The molecule has 0 bridgehead atoms. The monoisotopic (exact) mass is 538 g/mol. The smallest absolute Gasteiger partial charge is 0.449 e. The summed E-state index contributed by atoms with van der Waals surface area (Å²) in [5.41, 5.74) is 6.06. The van der Waals surface area contributed by atoms with E-state index in [-0.39, 0.29) is 19.1 Å². The number of carbonyl (C=O) groups is 1. The Kier molecular flexibility index (Phi) is 6.43. The van der Waals surface area contributed by atoms with Gasteiger partial charge in [-0.2, -0.15) is 0 Å². The van der Waals surface area contributed by atoms with E-state index in [9.17, 15) is 9.59 Å². The van der Waals surface area contributed by atoms with Crippen molar-refractivity contribution in [3.8, 4) is 11.1 Å². The first kappa shape index (κ1) is 26.2. The van der Waals surface area contributed by atoms with Crippen molar-refractivity contribution in [2.75, 3.05) is 13.2 Å². The van der Waals surface area contributed by atoms with E-state index in [2.05, 4.69) is 34.6 Å². The van der Waals surface area contributed by atoms with Crippen LogP contribution in [0.4, 0.5) is 4.79 Å². The summed E-state index contributed by atoms with van der Waals surface area (Å²) in [5.74, 6) is -0.543. The van der Waals surface area contributed by atoms with Gasteiger partial charge in [-0.05, 0) is 73.1 Å². The molecule has 6 rings (SSSR count). The molecule has 1 saturated heterocycles. The molecule has 2 aliphatic rings. The second-order valence-corrected chi connectivity index (χ2v) is 11.3. The molecule has 0 spiro atoms. The zero-order chi connectivity index (χ0) is 28.1. The summed E-state index contributed by atoms with van der Waals surface area (Å²) < 4.78 is 23.5. The van der Waals surface area contributed by atoms with Gasteiger partial charge in [0.25, 0.3) is 0 Å². The number of carbonyl (C=O) groups excluding carboxylic acids is 1. The maximum absolute atomic E-state index is 12.9. The topological polar surface area (TPSA) is 103 Å². The van der Waals surface area contributed by atoms with Crippen molar-refractivity contribution in [2.24, 2.45) is 0 Å². The van der Waals surface area contributed by atoms with Crippen LogP contribution in [0.1, 0.15) is 50.3 Å². The van der Waals surface area contributed by atoms with E-state index in [0.717, 1.165) is 16.7 Å². The Hall–Kier alpha value is -4.08. The minimum absolute atomic E-state index is 0.0287. The molecule has 204 valence electrons. The maximum Gasteiger partial charge on any atom is 0.492 e. The molecule has 0 unspecified atom stereocenters. The molecule has 1 aromatic heterocycles. The number of hydrogen-bond donors (Lipinski definition) is 2. The van der Waals surface area contributed by atoms with Gasteiger partial charge in [-0.3, -0.25) is 4.98 Å². The molecule has 4 aromatic rings. The first-order valence-corrected chi connectivity index (χ1v) is 13.4. The summed E-state index contributed by atoms with van der Waals surface area (Å²) in [6.07, 6.45) is 1.34. The minimum Gasteiger partial charge on any atom is -0.449 e. The number of alkyl carbamates (subject to hydrolysis) is 1. The molecule has 2 N–H and O–H groups in total. The van der Waals surface area contributed by atoms with Crippen molar-refractivity contribution in [1.82, 2.24) is 10.3 Å². The van der Waals surface area contributed by atoms with Crippen LogP contribution in [0.5, 0.6) is 0 Å². The highest BCUT2D eigenvalue weighted by atomic mass is 16.7. The van der Waals surface area contributed by atoms with Gasteiger partial charge in [0, 0.05) is 12.5 Å². The molecule has 9 heteroatoms. The standard InChI is InChI=1S/C31H31BN2O6/c1-30(2)31(3,4)40-32(39-30)20(15-19-13-14-26-27(16-19)38-29(36)34-26)17-33-28(35)37-18-25-23-11-7-5-9-21(23)22-10-6-8-12-24(22)25/h5-16,25H,17-18H2,1-4H3,(H,33,35)(H,34,36). The Labute approximate surface area is 232 Å². The number of aromatic amines is 1. The van der Waals surface area contributed by atoms with Gasteiger partial charge in [-0.15, -0.1) is 0 Å². The first-order chi connectivity index (χ1) is 19.1. The first-order valence-electron chi connectivity index (χ1n) is 13.4. The van der Waals surface area contributed by atoms with Gasteiger partial charge >= 0.3 is 19.0 Å². The van der Waals surface area contributed by atoms with Crippen LogP contribution in [-0.2, 0) is 14.0 Å². The number of H-pyrrole nitrogens is 1. The van der Waals surface area contributed by atoms with Crippen LogP contribution in [0.2, 0.25) is 0 Å². The highest BCUT2D eigenvalue weighted by molar-refractivity contribution is 6.56. The molecule has 1 aliphatic carbocycles. The van der Waals surface area contributed by atoms with Gasteiger partial charge in [0.1, 0.15) is 6.61 Å². The van der Waals surface area contributed by atoms with Crippen LogP contribution in [-0.4, -0.2) is 42.5 Å². The SMILES string of the molecule is CC1(C)OB(C(=Cc2ccc3[nH]c(=O)oc3c2)CNC(=O)OCC2c3ccccc3-c3ccccc32)OC1(C)C. The summed E-state index contributed by atoms with van der Waals surface area (Å²) in [7, 11) is -0.687. The van der Waals surface area contributed by atoms with Crippen molar-refractivity contribution in [2.45, 2.75) is 44.8 Å². The van der Waals surface area contributed by atoms with Gasteiger partial charge < -0.3 is 23.8 Å². The molecule has 1 aliphatic heterocycles. The molecule has 3 aromatic carbocycles. The molecule has 0 atom stereocenters. The van der Waals surface area contributed by atoms with E-state index in [1.54, 1.807) is 12.1 Å². The van der Waals surface area contributed by atoms with Crippen LogP contribution < -0.4 is 11.1 Å². The normalized spacial score (nSPS) is 17.6. The Morgan fingerprint density at radius 1 is 0.975 bits per heavy atom. The number of hydrogen-bond acceptors (Lipinski definition) is 6. The van der Waals surface area contributed by atoms with Gasteiger partial charge in [-0.1, -0.05) is 60.7 Å². The highest BCUT2D eigenvalue weighted by Crippen LogP contribution is 2.44. The van der Waals surface area contributed by atoms with Gasteiger partial charge in [0.2, 0.25) is 0 Å². The summed E-state index contributed by atoms with van der Waals surface area (Å²) >= 11 is 0. The number of nitrogens with one attached hydrogen (secondary N) is 2. The molecule has 0 saturated carbocycles. The van der Waals surface area contributed by atoms with Crippen LogP contribution in [0.15, 0.2) is 81.4 Å². The molecule has 40 heavy (non-hydrogen) atoms. The summed E-state index contributed by atoms with van der Waals surface area (Å²) in [6, 6.07) is 21.8. The average Bonchev–Trinajstić information content (AvgIpc) is 3.52. The summed E-state index contributed by atoms with van der Waals surface area (Å²) in [6.45, 7) is 8.27. The molecule has 0 radical (unpaired) electrons. The van der Waals surface area contributed by atoms with Crippen molar-refractivity contribution < 1.29 is 23.3 Å². The lowest BCUT2D eigenvalue weighted by Crippen LogP contribution is -2.41. The summed E-state index contributed by atoms with van der Waals surface area (Å²) in [5, 5.41) is 2.88. The number of oxazole rings is 1. The van der Waals surface area contributed by atoms with E-state index >= 15 is 0 Å². The van der Waals surface area contributed by atoms with Crippen molar-refractivity contribution in [3.63, 3.8) is 0 Å². The van der Waals surface area contributed by atoms with E-state index in [4.69, 9.17) is 18.5 Å². The lowest BCUT2D eigenvalue weighted by molar-refractivity contribution is 0.00578. The lowest BCUT2D eigenvalue weighted by atomic mass is 9.77. The maximum atomic E-state index is 12.9. The van der Waals surface area contributed by atoms with E-state index in [1.165, 1.54) is 11.1 Å². The third-order valence-electron chi connectivity index (χ3n) is 8.13. The molecular formula is C31H31BN2O6. The predicted octanol–water partition coefficient (Wildman–Crippen LogP) is 5.67. The van der Waals surface area contributed by atoms with E-state index < -0.39 is 30.2 Å². The summed E-state index contributed by atoms with van der Waals surface area (Å²) in [4.78, 5) is 27.2. The zero-order valence-corrected chi connectivity index (χ0v) is 22.9. The molecule has 1 amide bonds.